The fourth-order valence-corrected chi connectivity index (χ4v) is 2.35. The largest absolute Gasteiger partial charge is 0.479 e. The highest BCUT2D eigenvalue weighted by Gasteiger charge is 2.34. The highest BCUT2D eigenvalue weighted by Crippen LogP contribution is 2.29. The Morgan fingerprint density at radius 2 is 2.11 bits per heavy atom. The van der Waals surface area contributed by atoms with Gasteiger partial charge in [-0.1, -0.05) is 24.3 Å². The van der Waals surface area contributed by atoms with E-state index in [1.807, 2.05) is 12.1 Å². The summed E-state index contributed by atoms with van der Waals surface area (Å²) in [7, 11) is 1.26. The van der Waals surface area contributed by atoms with Crippen molar-refractivity contribution in [3.05, 3.63) is 35.4 Å². The van der Waals surface area contributed by atoms with Gasteiger partial charge in [0, 0.05) is 6.54 Å². The van der Waals surface area contributed by atoms with Gasteiger partial charge in [-0.05, 0) is 24.0 Å². The van der Waals surface area contributed by atoms with Crippen molar-refractivity contribution in [3.63, 3.8) is 0 Å². The van der Waals surface area contributed by atoms with Crippen LogP contribution in [-0.2, 0) is 16.0 Å². The number of hydrogen-bond donors (Lipinski definition) is 1. The second kappa shape index (κ2) is 5.08. The number of amides is 1. The van der Waals surface area contributed by atoms with Crippen LogP contribution >= 0.6 is 0 Å². The minimum atomic E-state index is -1.03. The Morgan fingerprint density at radius 3 is 2.78 bits per heavy atom. The highest BCUT2D eigenvalue weighted by atomic mass is 16.5. The van der Waals surface area contributed by atoms with Gasteiger partial charge in [0.15, 0.2) is 6.04 Å². The number of hydrogen-bond acceptors (Lipinski definition) is 3. The van der Waals surface area contributed by atoms with E-state index in [9.17, 15) is 14.7 Å². The summed E-state index contributed by atoms with van der Waals surface area (Å²) in [6.45, 7) is 0.387. The monoisotopic (exact) mass is 249 g/mol. The van der Waals surface area contributed by atoms with E-state index in [0.717, 1.165) is 18.4 Å². The zero-order valence-corrected chi connectivity index (χ0v) is 10.1. The minimum absolute atomic E-state index is 0.387. The van der Waals surface area contributed by atoms with E-state index in [4.69, 9.17) is 0 Å². The van der Waals surface area contributed by atoms with Gasteiger partial charge in [-0.15, -0.1) is 0 Å². The van der Waals surface area contributed by atoms with E-state index in [0.29, 0.717) is 12.1 Å². The molecule has 1 atom stereocenters. The number of aliphatic carboxylic acids is 1. The van der Waals surface area contributed by atoms with Crippen molar-refractivity contribution in [2.24, 2.45) is 0 Å². The number of methoxy groups -OCH3 is 1. The molecule has 0 spiro atoms. The van der Waals surface area contributed by atoms with Crippen molar-refractivity contribution in [2.75, 3.05) is 13.7 Å². The van der Waals surface area contributed by atoms with E-state index in [2.05, 4.69) is 4.74 Å². The topological polar surface area (TPSA) is 66.8 Å². The SMILES string of the molecule is COC(=O)N1CCCc2ccccc2C1C(=O)O. The van der Waals surface area contributed by atoms with Crippen molar-refractivity contribution < 1.29 is 19.4 Å². The van der Waals surface area contributed by atoms with Crippen LogP contribution in [0.5, 0.6) is 0 Å². The van der Waals surface area contributed by atoms with Crippen LogP contribution in [-0.4, -0.2) is 35.7 Å². The van der Waals surface area contributed by atoms with Gasteiger partial charge in [-0.3, -0.25) is 4.90 Å². The van der Waals surface area contributed by atoms with Gasteiger partial charge in [-0.25, -0.2) is 9.59 Å². The lowest BCUT2D eigenvalue weighted by molar-refractivity contribution is -0.142. The molecule has 1 unspecified atom stereocenters. The van der Waals surface area contributed by atoms with E-state index in [-0.39, 0.29) is 0 Å². The molecular weight excluding hydrogens is 234 g/mol. The van der Waals surface area contributed by atoms with Crippen LogP contribution in [0, 0.1) is 0 Å². The zero-order chi connectivity index (χ0) is 13.1. The number of nitrogens with zero attached hydrogens (tertiary/aromatic N) is 1. The van der Waals surface area contributed by atoms with Gasteiger partial charge in [0.1, 0.15) is 0 Å². The summed E-state index contributed by atoms with van der Waals surface area (Å²) >= 11 is 0. The molecule has 5 nitrogen and oxygen atoms in total. The predicted molar refractivity (Wildman–Crippen MR) is 64.3 cm³/mol. The van der Waals surface area contributed by atoms with Crippen molar-refractivity contribution in [1.82, 2.24) is 4.90 Å². The van der Waals surface area contributed by atoms with E-state index < -0.39 is 18.1 Å². The zero-order valence-electron chi connectivity index (χ0n) is 10.1. The smallest absolute Gasteiger partial charge is 0.410 e. The Balaban J connectivity index is 2.47. The standard InChI is InChI=1S/C13H15NO4/c1-18-13(17)14-8-4-6-9-5-2-3-7-10(9)11(14)12(15)16/h2-3,5,7,11H,4,6,8H2,1H3,(H,15,16). The van der Waals surface area contributed by atoms with Gasteiger partial charge >= 0.3 is 12.1 Å². The molecule has 5 heteroatoms. The average molecular weight is 249 g/mol. The molecule has 1 aliphatic heterocycles. The second-order valence-electron chi connectivity index (χ2n) is 4.21. The maximum Gasteiger partial charge on any atom is 0.410 e. The molecule has 96 valence electrons. The van der Waals surface area contributed by atoms with Crippen molar-refractivity contribution >= 4 is 12.1 Å². The minimum Gasteiger partial charge on any atom is -0.479 e. The number of benzene rings is 1. The van der Waals surface area contributed by atoms with Gasteiger partial charge in [0.05, 0.1) is 7.11 Å². The van der Waals surface area contributed by atoms with Crippen LogP contribution in [0.4, 0.5) is 4.79 Å². The maximum atomic E-state index is 11.7. The molecule has 1 aromatic rings. The molecule has 1 heterocycles. The lowest BCUT2D eigenvalue weighted by Crippen LogP contribution is -2.38. The first-order chi connectivity index (χ1) is 8.65. The normalized spacial score (nSPS) is 18.7. The molecule has 0 bridgehead atoms. The molecule has 18 heavy (non-hydrogen) atoms. The van der Waals surface area contributed by atoms with Crippen molar-refractivity contribution in [1.29, 1.82) is 0 Å². The Hall–Kier alpha value is -2.04. The Kier molecular flexibility index (Phi) is 3.50. The van der Waals surface area contributed by atoms with Gasteiger partial charge in [0.25, 0.3) is 0 Å². The third kappa shape index (κ3) is 2.16. The van der Waals surface area contributed by atoms with Crippen LogP contribution in [0.1, 0.15) is 23.6 Å². The van der Waals surface area contributed by atoms with Crippen molar-refractivity contribution in [3.8, 4) is 0 Å². The summed E-state index contributed by atoms with van der Waals surface area (Å²) in [6.07, 6.45) is 0.905. The summed E-state index contributed by atoms with van der Waals surface area (Å²) in [4.78, 5) is 24.4. The molecule has 2 rings (SSSR count). The summed E-state index contributed by atoms with van der Waals surface area (Å²) in [5.41, 5.74) is 1.66. The molecule has 0 saturated heterocycles. The number of aryl methyl sites for hydroxylation is 1. The van der Waals surface area contributed by atoms with Crippen molar-refractivity contribution in [2.45, 2.75) is 18.9 Å². The number of fused-ring (bicyclic) bond motifs is 1. The van der Waals surface area contributed by atoms with Gasteiger partial charge in [-0.2, -0.15) is 0 Å². The lowest BCUT2D eigenvalue weighted by Gasteiger charge is -2.26. The summed E-state index contributed by atoms with van der Waals surface area (Å²) in [6, 6.07) is 6.37. The molecule has 0 saturated carbocycles. The fourth-order valence-electron chi connectivity index (χ4n) is 2.35. The second-order valence-corrected chi connectivity index (χ2v) is 4.21. The first-order valence-electron chi connectivity index (χ1n) is 5.80. The molecule has 1 aliphatic rings. The van der Waals surface area contributed by atoms with E-state index >= 15 is 0 Å². The van der Waals surface area contributed by atoms with Crippen LogP contribution < -0.4 is 0 Å². The van der Waals surface area contributed by atoms with Gasteiger partial charge in [0.2, 0.25) is 0 Å². The van der Waals surface area contributed by atoms with Crippen LogP contribution in [0.3, 0.4) is 0 Å². The van der Waals surface area contributed by atoms with Crippen LogP contribution in [0.2, 0.25) is 0 Å². The van der Waals surface area contributed by atoms with Crippen LogP contribution in [0.25, 0.3) is 0 Å². The Bertz CT molecular complexity index is 472. The summed E-state index contributed by atoms with van der Waals surface area (Å²) in [5.74, 6) is -1.03. The Labute approximate surface area is 105 Å². The highest BCUT2D eigenvalue weighted by molar-refractivity contribution is 5.82. The molecular formula is C13H15NO4. The summed E-state index contributed by atoms with van der Waals surface area (Å²) < 4.78 is 4.66. The number of carbonyl (C=O) groups excluding carboxylic acids is 1. The first kappa shape index (κ1) is 12.4. The predicted octanol–water partition coefficient (Wildman–Crippen LogP) is 1.83. The fraction of sp³-hybridized carbons (Fsp3) is 0.385. The van der Waals surface area contributed by atoms with E-state index in [1.54, 1.807) is 12.1 Å². The third-order valence-electron chi connectivity index (χ3n) is 3.15. The number of rotatable bonds is 1. The molecule has 1 N–H and O–H groups in total. The Morgan fingerprint density at radius 1 is 1.39 bits per heavy atom. The maximum absolute atomic E-state index is 11.7. The molecule has 1 amide bonds. The lowest BCUT2D eigenvalue weighted by atomic mass is 9.99. The van der Waals surface area contributed by atoms with Gasteiger partial charge < -0.3 is 9.84 Å². The number of carboxylic acids is 1. The average Bonchev–Trinajstić information content (AvgIpc) is 2.56. The number of ether oxygens (including phenoxy) is 1. The summed E-state index contributed by atoms with van der Waals surface area (Å²) in [5, 5.41) is 9.38. The molecule has 0 aromatic heterocycles. The molecule has 0 aliphatic carbocycles. The third-order valence-corrected chi connectivity index (χ3v) is 3.15. The van der Waals surface area contributed by atoms with E-state index in [1.165, 1.54) is 12.0 Å². The molecule has 0 radical (unpaired) electrons. The number of carbonyl (C=O) groups is 2. The number of carboxylic acid groups (broad SMARTS) is 1. The quantitative estimate of drug-likeness (QED) is 0.824. The van der Waals surface area contributed by atoms with Crippen LogP contribution in [0.15, 0.2) is 24.3 Å². The first-order valence-corrected chi connectivity index (χ1v) is 5.80. The molecule has 1 aromatic carbocycles. The molecule has 0 fully saturated rings.